The highest BCUT2D eigenvalue weighted by Crippen LogP contribution is 2.29. The van der Waals surface area contributed by atoms with E-state index in [-0.39, 0.29) is 25.2 Å². The van der Waals surface area contributed by atoms with Crippen LogP contribution < -0.4 is 33.2 Å². The molecule has 0 bridgehead atoms. The van der Waals surface area contributed by atoms with Crippen molar-refractivity contribution >= 4 is 34.3 Å². The van der Waals surface area contributed by atoms with E-state index < -0.39 is 35.6 Å². The van der Waals surface area contributed by atoms with Crippen LogP contribution in [0.3, 0.4) is 0 Å². The minimum Gasteiger partial charge on any atom is -0.350 e. The van der Waals surface area contributed by atoms with E-state index in [4.69, 9.17) is 17.2 Å². The van der Waals surface area contributed by atoms with E-state index >= 15 is 0 Å². The lowest BCUT2D eigenvalue weighted by Gasteiger charge is -2.33. The summed E-state index contributed by atoms with van der Waals surface area (Å²) >= 11 is 0. The summed E-state index contributed by atoms with van der Waals surface area (Å²) in [5.74, 6) is -1.57. The number of pyridine rings is 1. The Balaban J connectivity index is 1.63. The number of aromatic nitrogens is 1. The molecule has 2 aromatic carbocycles. The number of hydrogen-bond donors (Lipinski definition) is 6. The maximum atomic E-state index is 13.3. The van der Waals surface area contributed by atoms with Crippen LogP contribution in [-0.4, -0.2) is 85.6 Å². The maximum absolute atomic E-state index is 13.3. The molecule has 0 saturated carbocycles. The molecule has 9 N–H and O–H groups in total. The molecule has 0 aliphatic carbocycles. The Morgan fingerprint density at radius 1 is 0.956 bits per heavy atom. The smallest absolute Gasteiger partial charge is 0.350 e. The Bertz CT molecular complexity index is 1430. The zero-order chi connectivity index (χ0) is 33.0. The SMILES string of the molecule is C[N+](CCN)(CCN)CCNC(=O)CC[C@H](N)C(=O)N[C@@H](Cc1ccc(C(F)(F)F)cc1)C(=O)Nc1cnc2ccccc2c1. The lowest BCUT2D eigenvalue weighted by molar-refractivity contribution is -0.905. The van der Waals surface area contributed by atoms with Crippen LogP contribution in [0.5, 0.6) is 0 Å². The molecule has 1 heterocycles. The number of nitrogens with two attached hydrogens (primary N) is 3. The van der Waals surface area contributed by atoms with Gasteiger partial charge in [0.25, 0.3) is 0 Å². The Labute approximate surface area is 260 Å². The fourth-order valence-corrected chi connectivity index (χ4v) is 4.85. The molecule has 11 nitrogen and oxygen atoms in total. The lowest BCUT2D eigenvalue weighted by atomic mass is 10.0. The van der Waals surface area contributed by atoms with Crippen LogP contribution >= 0.6 is 0 Å². The molecule has 3 aromatic rings. The monoisotopic (exact) mass is 631 g/mol. The molecule has 45 heavy (non-hydrogen) atoms. The standard InChI is InChI=1S/C31H41F3N8O3/c1-42(15-12-35,16-13-36)17-14-38-28(43)11-10-25(37)29(44)41-27(18-21-6-8-23(9-7-21)31(32,33)34)30(45)40-24-19-22-4-2-3-5-26(22)39-20-24/h2-9,19-20,25,27H,10-18,35-37H2,1H3,(H2-,38,40,41,43,44,45)/p+1/t25-,27-/m0/s1. The van der Waals surface area contributed by atoms with E-state index in [1.807, 2.05) is 31.3 Å². The normalized spacial score (nSPS) is 13.2. The van der Waals surface area contributed by atoms with E-state index in [0.29, 0.717) is 41.9 Å². The van der Waals surface area contributed by atoms with Crippen molar-refractivity contribution in [2.45, 2.75) is 37.5 Å². The van der Waals surface area contributed by atoms with Crippen LogP contribution in [0.15, 0.2) is 60.8 Å². The molecule has 3 rings (SSSR count). The number of amides is 3. The lowest BCUT2D eigenvalue weighted by Crippen LogP contribution is -2.53. The van der Waals surface area contributed by atoms with Gasteiger partial charge in [-0.25, -0.2) is 0 Å². The molecular weight excluding hydrogens is 589 g/mol. The number of alkyl halides is 3. The van der Waals surface area contributed by atoms with Crippen LogP contribution in [0.25, 0.3) is 10.9 Å². The average Bonchev–Trinajstić information content (AvgIpc) is 2.99. The van der Waals surface area contributed by atoms with Crippen molar-refractivity contribution in [3.63, 3.8) is 0 Å². The first-order chi connectivity index (χ1) is 21.3. The Morgan fingerprint density at radius 3 is 2.27 bits per heavy atom. The molecule has 0 spiro atoms. The number of likely N-dealkylation sites (N-methyl/N-ethyl adjacent to an activating group) is 1. The number of benzene rings is 2. The summed E-state index contributed by atoms with van der Waals surface area (Å²) in [6, 6.07) is 11.1. The van der Waals surface area contributed by atoms with Crippen molar-refractivity contribution in [1.29, 1.82) is 0 Å². The Kier molecular flexibility index (Phi) is 12.8. The van der Waals surface area contributed by atoms with Gasteiger partial charge in [-0.3, -0.25) is 19.4 Å². The van der Waals surface area contributed by atoms with Crippen molar-refractivity contribution in [2.24, 2.45) is 17.2 Å². The highest BCUT2D eigenvalue weighted by molar-refractivity contribution is 5.99. The predicted molar refractivity (Wildman–Crippen MR) is 167 cm³/mol. The van der Waals surface area contributed by atoms with Crippen molar-refractivity contribution in [2.75, 3.05) is 51.6 Å². The third-order valence-electron chi connectivity index (χ3n) is 7.54. The summed E-state index contributed by atoms with van der Waals surface area (Å²) in [5.41, 5.74) is 18.1. The number of fused-ring (bicyclic) bond motifs is 1. The summed E-state index contributed by atoms with van der Waals surface area (Å²) < 4.78 is 39.8. The number of anilines is 1. The van der Waals surface area contributed by atoms with Gasteiger partial charge in [0.05, 0.1) is 62.2 Å². The number of nitrogens with zero attached hydrogens (tertiary/aromatic N) is 2. The van der Waals surface area contributed by atoms with Gasteiger partial charge in [-0.1, -0.05) is 30.3 Å². The molecular formula is C31H42F3N8O3+. The van der Waals surface area contributed by atoms with Gasteiger partial charge in [-0.05, 0) is 36.2 Å². The van der Waals surface area contributed by atoms with Gasteiger partial charge >= 0.3 is 6.18 Å². The van der Waals surface area contributed by atoms with Gasteiger partial charge in [-0.2, -0.15) is 13.2 Å². The molecule has 1 aromatic heterocycles. The minimum atomic E-state index is -4.51. The second-order valence-corrected chi connectivity index (χ2v) is 11.2. The second kappa shape index (κ2) is 16.3. The Morgan fingerprint density at radius 2 is 1.62 bits per heavy atom. The fourth-order valence-electron chi connectivity index (χ4n) is 4.85. The largest absolute Gasteiger partial charge is 0.416 e. The molecule has 3 amide bonds. The van der Waals surface area contributed by atoms with Gasteiger partial charge in [-0.15, -0.1) is 0 Å². The highest BCUT2D eigenvalue weighted by Gasteiger charge is 2.31. The number of rotatable bonds is 16. The van der Waals surface area contributed by atoms with Crippen LogP contribution in [-0.2, 0) is 27.0 Å². The number of halogens is 3. The summed E-state index contributed by atoms with van der Waals surface area (Å²) in [4.78, 5) is 43.1. The number of hydrogen-bond acceptors (Lipinski definition) is 7. The Hall–Kier alpha value is -4.11. The van der Waals surface area contributed by atoms with Crippen molar-refractivity contribution in [3.05, 3.63) is 71.9 Å². The van der Waals surface area contributed by atoms with Crippen LogP contribution in [0.1, 0.15) is 24.0 Å². The third kappa shape index (κ3) is 11.1. The first kappa shape index (κ1) is 35.4. The second-order valence-electron chi connectivity index (χ2n) is 11.2. The van der Waals surface area contributed by atoms with E-state index in [9.17, 15) is 27.6 Å². The topological polar surface area (TPSA) is 178 Å². The number of carbonyl (C=O) groups excluding carboxylic acids is 3. The van der Waals surface area contributed by atoms with Crippen molar-refractivity contribution in [1.82, 2.24) is 15.6 Å². The first-order valence-corrected chi connectivity index (χ1v) is 14.7. The maximum Gasteiger partial charge on any atom is 0.416 e. The van der Waals surface area contributed by atoms with Crippen molar-refractivity contribution in [3.8, 4) is 0 Å². The zero-order valence-corrected chi connectivity index (χ0v) is 25.3. The van der Waals surface area contributed by atoms with Crippen LogP contribution in [0.2, 0.25) is 0 Å². The molecule has 0 radical (unpaired) electrons. The van der Waals surface area contributed by atoms with Gasteiger partial charge in [0, 0.05) is 31.3 Å². The summed E-state index contributed by atoms with van der Waals surface area (Å²) in [7, 11) is 2.01. The number of para-hydroxylation sites is 1. The molecule has 0 unspecified atom stereocenters. The molecule has 244 valence electrons. The van der Waals surface area contributed by atoms with E-state index in [0.717, 1.165) is 36.1 Å². The molecule has 0 aliphatic rings. The summed E-state index contributed by atoms with van der Waals surface area (Å²) in [5, 5.41) is 8.93. The third-order valence-corrected chi connectivity index (χ3v) is 7.54. The quantitative estimate of drug-likeness (QED) is 0.130. The summed E-state index contributed by atoms with van der Waals surface area (Å²) in [6.07, 6.45) is -3.16. The molecule has 0 aliphatic heterocycles. The van der Waals surface area contributed by atoms with Crippen LogP contribution in [0.4, 0.5) is 18.9 Å². The van der Waals surface area contributed by atoms with Gasteiger partial charge in [0.1, 0.15) is 6.04 Å². The average molecular weight is 632 g/mol. The molecule has 0 fully saturated rings. The highest BCUT2D eigenvalue weighted by atomic mass is 19.4. The number of carbonyl (C=O) groups is 3. The van der Waals surface area contributed by atoms with E-state index in [2.05, 4.69) is 20.9 Å². The van der Waals surface area contributed by atoms with Gasteiger partial charge < -0.3 is 37.6 Å². The van der Waals surface area contributed by atoms with Gasteiger partial charge in [0.2, 0.25) is 17.7 Å². The van der Waals surface area contributed by atoms with E-state index in [1.165, 1.54) is 18.3 Å². The van der Waals surface area contributed by atoms with Gasteiger partial charge in [0.15, 0.2) is 0 Å². The first-order valence-electron chi connectivity index (χ1n) is 14.7. The van der Waals surface area contributed by atoms with Crippen LogP contribution in [0, 0.1) is 0 Å². The van der Waals surface area contributed by atoms with Crippen molar-refractivity contribution < 1.29 is 32.0 Å². The zero-order valence-electron chi connectivity index (χ0n) is 25.3. The minimum absolute atomic E-state index is 0.0125. The van der Waals surface area contributed by atoms with E-state index in [1.54, 1.807) is 6.07 Å². The number of nitrogens with one attached hydrogen (secondary N) is 3. The predicted octanol–water partition coefficient (Wildman–Crippen LogP) is 1.51. The molecule has 0 saturated heterocycles. The number of quaternary nitrogens is 1. The summed E-state index contributed by atoms with van der Waals surface area (Å²) in [6.45, 7) is 3.46. The fraction of sp³-hybridized carbons (Fsp3) is 0.419. The molecule has 2 atom stereocenters. The molecule has 14 heteroatoms.